The molecule has 0 spiro atoms. The fourth-order valence-electron chi connectivity index (χ4n) is 3.57. The summed E-state index contributed by atoms with van der Waals surface area (Å²) in [7, 11) is -2.92. The van der Waals surface area contributed by atoms with E-state index in [-0.39, 0.29) is 22.8 Å². The molecule has 1 unspecified atom stereocenters. The van der Waals surface area contributed by atoms with E-state index in [1.165, 1.54) is 0 Å². The van der Waals surface area contributed by atoms with Gasteiger partial charge in [0.2, 0.25) is 5.89 Å². The first-order valence-corrected chi connectivity index (χ1v) is 9.62. The van der Waals surface area contributed by atoms with Gasteiger partial charge in [0.15, 0.2) is 15.7 Å². The summed E-state index contributed by atoms with van der Waals surface area (Å²) in [5, 5.41) is 7.47. The van der Waals surface area contributed by atoms with Crippen LogP contribution in [0, 0.1) is 0 Å². The van der Waals surface area contributed by atoms with Crippen LogP contribution in [0.5, 0.6) is 0 Å². The molecular weight excluding hydrogens is 290 g/mol. The van der Waals surface area contributed by atoms with Crippen LogP contribution in [0.25, 0.3) is 0 Å². The van der Waals surface area contributed by atoms with Crippen LogP contribution < -0.4 is 5.32 Å². The van der Waals surface area contributed by atoms with Crippen molar-refractivity contribution in [2.75, 3.05) is 24.6 Å². The molecule has 0 aliphatic carbocycles. The molecule has 1 aromatic heterocycles. The number of hydrogen-bond acceptors (Lipinski definition) is 6. The van der Waals surface area contributed by atoms with E-state index in [9.17, 15) is 8.42 Å². The summed E-state index contributed by atoms with van der Waals surface area (Å²) < 4.78 is 28.7. The number of nitrogens with zero attached hydrogens (tertiary/aromatic N) is 2. The number of hydrogen-bond donors (Lipinski definition) is 1. The Balaban J connectivity index is 1.83. The number of sulfone groups is 1. The van der Waals surface area contributed by atoms with Crippen molar-refractivity contribution in [3.8, 4) is 0 Å². The maximum absolute atomic E-state index is 11.6. The Morgan fingerprint density at radius 2 is 2.14 bits per heavy atom. The molecule has 7 heteroatoms. The van der Waals surface area contributed by atoms with Crippen LogP contribution in [-0.4, -0.2) is 43.2 Å². The van der Waals surface area contributed by atoms with Gasteiger partial charge in [-0.1, -0.05) is 18.5 Å². The smallest absolute Gasteiger partial charge is 0.232 e. The van der Waals surface area contributed by atoms with Gasteiger partial charge in [0.25, 0.3) is 0 Å². The number of piperidine rings is 1. The van der Waals surface area contributed by atoms with Gasteiger partial charge in [-0.25, -0.2) is 8.42 Å². The van der Waals surface area contributed by atoms with E-state index in [2.05, 4.69) is 22.4 Å². The lowest BCUT2D eigenvalue weighted by atomic mass is 9.75. The Morgan fingerprint density at radius 1 is 1.38 bits per heavy atom. The summed E-state index contributed by atoms with van der Waals surface area (Å²) in [6.45, 7) is 4.11. The highest BCUT2D eigenvalue weighted by Crippen LogP contribution is 2.38. The number of aromatic nitrogens is 2. The zero-order chi connectivity index (χ0) is 14.9. The van der Waals surface area contributed by atoms with E-state index < -0.39 is 9.84 Å². The fraction of sp³-hybridized carbons (Fsp3) is 0.857. The van der Waals surface area contributed by atoms with Crippen molar-refractivity contribution < 1.29 is 12.9 Å². The molecule has 1 atom stereocenters. The molecule has 2 saturated heterocycles. The van der Waals surface area contributed by atoms with Crippen LogP contribution in [0.15, 0.2) is 4.52 Å². The maximum atomic E-state index is 11.6. The van der Waals surface area contributed by atoms with Crippen molar-refractivity contribution in [1.29, 1.82) is 0 Å². The van der Waals surface area contributed by atoms with Gasteiger partial charge in [-0.2, -0.15) is 4.98 Å². The molecule has 0 amide bonds. The molecule has 3 heterocycles. The summed E-state index contributed by atoms with van der Waals surface area (Å²) in [5.74, 6) is 1.61. The van der Waals surface area contributed by atoms with Gasteiger partial charge in [0, 0.05) is 5.92 Å². The van der Waals surface area contributed by atoms with Crippen LogP contribution in [0.2, 0.25) is 0 Å². The number of nitrogens with one attached hydrogen (secondary N) is 1. The summed E-state index contributed by atoms with van der Waals surface area (Å²) in [6.07, 6.45) is 4.75. The van der Waals surface area contributed by atoms with E-state index in [1.807, 2.05) is 0 Å². The van der Waals surface area contributed by atoms with E-state index in [4.69, 9.17) is 4.52 Å². The van der Waals surface area contributed by atoms with Crippen molar-refractivity contribution in [3.63, 3.8) is 0 Å². The van der Waals surface area contributed by atoms with Crippen LogP contribution >= 0.6 is 0 Å². The van der Waals surface area contributed by atoms with E-state index in [0.29, 0.717) is 18.1 Å². The van der Waals surface area contributed by atoms with Crippen molar-refractivity contribution in [3.05, 3.63) is 11.7 Å². The number of rotatable bonds is 4. The highest BCUT2D eigenvalue weighted by molar-refractivity contribution is 7.91. The van der Waals surface area contributed by atoms with E-state index >= 15 is 0 Å². The van der Waals surface area contributed by atoms with Gasteiger partial charge in [-0.3, -0.25) is 0 Å². The Kier molecular flexibility index (Phi) is 4.05. The predicted octanol–water partition coefficient (Wildman–Crippen LogP) is 1.39. The topological polar surface area (TPSA) is 85.1 Å². The molecule has 1 aromatic rings. The first kappa shape index (κ1) is 15.0. The average molecular weight is 313 g/mol. The molecule has 1 N–H and O–H groups in total. The summed E-state index contributed by atoms with van der Waals surface area (Å²) in [4.78, 5) is 4.60. The molecule has 2 fully saturated rings. The van der Waals surface area contributed by atoms with Crippen LogP contribution in [0.4, 0.5) is 0 Å². The van der Waals surface area contributed by atoms with Crippen molar-refractivity contribution in [2.45, 2.75) is 50.4 Å². The Labute approximate surface area is 125 Å². The fourth-order valence-corrected chi connectivity index (χ4v) is 5.31. The van der Waals surface area contributed by atoms with E-state index in [0.717, 1.165) is 38.8 Å². The Hall–Kier alpha value is -0.950. The molecule has 3 rings (SSSR count). The molecule has 118 valence electrons. The minimum atomic E-state index is -2.92. The van der Waals surface area contributed by atoms with Crippen molar-refractivity contribution >= 4 is 9.84 Å². The third kappa shape index (κ3) is 2.99. The monoisotopic (exact) mass is 313 g/mol. The molecule has 2 aliphatic rings. The highest BCUT2D eigenvalue weighted by Gasteiger charge is 2.40. The van der Waals surface area contributed by atoms with Crippen LogP contribution in [-0.2, 0) is 15.3 Å². The average Bonchev–Trinajstić information content (AvgIpc) is 3.07. The van der Waals surface area contributed by atoms with Gasteiger partial charge in [-0.15, -0.1) is 0 Å². The lowest BCUT2D eigenvalue weighted by Crippen LogP contribution is -2.40. The maximum Gasteiger partial charge on any atom is 0.232 e. The normalized spacial score (nSPS) is 27.8. The Bertz CT molecular complexity index is 585. The molecule has 0 saturated carbocycles. The minimum absolute atomic E-state index is 0.0251. The third-order valence-corrected chi connectivity index (χ3v) is 6.55. The zero-order valence-corrected chi connectivity index (χ0v) is 13.3. The quantitative estimate of drug-likeness (QED) is 0.904. The third-order valence-electron chi connectivity index (χ3n) is 4.78. The molecule has 21 heavy (non-hydrogen) atoms. The summed E-state index contributed by atoms with van der Waals surface area (Å²) >= 11 is 0. The van der Waals surface area contributed by atoms with Gasteiger partial charge >= 0.3 is 0 Å². The zero-order valence-electron chi connectivity index (χ0n) is 12.5. The first-order chi connectivity index (χ1) is 10.0. The molecule has 0 bridgehead atoms. The molecule has 0 aromatic carbocycles. The molecule has 6 nitrogen and oxygen atoms in total. The molecular formula is C14H23N3O3S. The SMILES string of the molecule is CCCC1(c2nc(C3CCS(=O)(=O)C3)no2)CCNCC1. The van der Waals surface area contributed by atoms with Crippen molar-refractivity contribution in [2.24, 2.45) is 0 Å². The largest absolute Gasteiger partial charge is 0.339 e. The van der Waals surface area contributed by atoms with E-state index in [1.54, 1.807) is 0 Å². The van der Waals surface area contributed by atoms with Crippen LogP contribution in [0.1, 0.15) is 56.7 Å². The van der Waals surface area contributed by atoms with Crippen LogP contribution in [0.3, 0.4) is 0 Å². The highest BCUT2D eigenvalue weighted by atomic mass is 32.2. The second kappa shape index (κ2) is 5.68. The van der Waals surface area contributed by atoms with Crippen molar-refractivity contribution in [1.82, 2.24) is 15.5 Å². The van der Waals surface area contributed by atoms with Gasteiger partial charge in [0.05, 0.1) is 16.9 Å². The second-order valence-corrected chi connectivity index (χ2v) is 8.57. The predicted molar refractivity (Wildman–Crippen MR) is 79.0 cm³/mol. The molecule has 2 aliphatic heterocycles. The lowest BCUT2D eigenvalue weighted by Gasteiger charge is -2.34. The molecule has 0 radical (unpaired) electrons. The minimum Gasteiger partial charge on any atom is -0.339 e. The second-order valence-electron chi connectivity index (χ2n) is 6.34. The first-order valence-electron chi connectivity index (χ1n) is 7.80. The Morgan fingerprint density at radius 3 is 2.76 bits per heavy atom. The summed E-state index contributed by atoms with van der Waals surface area (Å²) in [6, 6.07) is 0. The standard InChI is InChI=1S/C14H23N3O3S/c1-2-4-14(5-7-15-8-6-14)13-16-12(17-20-13)11-3-9-21(18,19)10-11/h11,15H,2-10H2,1H3. The van der Waals surface area contributed by atoms with Gasteiger partial charge in [0.1, 0.15) is 0 Å². The lowest BCUT2D eigenvalue weighted by molar-refractivity contribution is 0.208. The van der Waals surface area contributed by atoms with Gasteiger partial charge in [-0.05, 0) is 38.8 Å². The van der Waals surface area contributed by atoms with Gasteiger partial charge < -0.3 is 9.84 Å². The summed E-state index contributed by atoms with van der Waals surface area (Å²) in [5.41, 5.74) is -0.0251.